The van der Waals surface area contributed by atoms with Crippen molar-refractivity contribution in [3.8, 4) is 0 Å². The van der Waals surface area contributed by atoms with Crippen LogP contribution in [0.1, 0.15) is 49.9 Å². The fraction of sp³-hybridized carbons (Fsp3) is 0.231. The highest BCUT2D eigenvalue weighted by Gasteiger charge is 2.20. The smallest absolute Gasteiger partial charge is 0.338 e. The molecule has 0 fully saturated rings. The number of ether oxygens (including phenoxy) is 1. The summed E-state index contributed by atoms with van der Waals surface area (Å²) in [6.45, 7) is 9.27. The van der Waals surface area contributed by atoms with E-state index in [1.807, 2.05) is 19.9 Å². The zero-order chi connectivity index (χ0) is 25.0. The molecule has 0 radical (unpaired) electrons. The molecule has 0 aliphatic heterocycles. The molecular weight excluding hydrogens is 452 g/mol. The summed E-state index contributed by atoms with van der Waals surface area (Å²) < 4.78 is 33.8. The molecule has 0 saturated carbocycles. The van der Waals surface area contributed by atoms with Crippen LogP contribution in [-0.4, -0.2) is 26.9 Å². The summed E-state index contributed by atoms with van der Waals surface area (Å²) in [6.07, 6.45) is 0. The molecule has 178 valence electrons. The Bertz CT molecular complexity index is 1360. The summed E-state index contributed by atoms with van der Waals surface area (Å²) in [5, 5.41) is 2.76. The molecule has 8 heteroatoms. The van der Waals surface area contributed by atoms with E-state index >= 15 is 0 Å². The maximum Gasteiger partial charge on any atom is 0.338 e. The number of anilines is 2. The van der Waals surface area contributed by atoms with Gasteiger partial charge in [-0.3, -0.25) is 9.52 Å². The number of hydrogen-bond donors (Lipinski definition) is 2. The van der Waals surface area contributed by atoms with E-state index in [4.69, 9.17) is 4.74 Å². The van der Waals surface area contributed by atoms with Crippen molar-refractivity contribution >= 4 is 33.3 Å². The second kappa shape index (κ2) is 10.1. The summed E-state index contributed by atoms with van der Waals surface area (Å²) in [5.74, 6) is -0.981. The molecule has 0 heterocycles. The van der Waals surface area contributed by atoms with Gasteiger partial charge in [-0.2, -0.15) is 0 Å². The fourth-order valence-corrected chi connectivity index (χ4v) is 4.66. The number of rotatable bonds is 7. The SMILES string of the molecule is CCOC(=O)c1ccc(C)c(NC(=O)c2ccc(C)c(S(=O)(=O)Nc3ccc(C)c(C)c3)c2)c1. The van der Waals surface area contributed by atoms with Gasteiger partial charge in [0.25, 0.3) is 15.9 Å². The third-order valence-electron chi connectivity index (χ3n) is 5.50. The van der Waals surface area contributed by atoms with Gasteiger partial charge >= 0.3 is 5.97 Å². The number of carbonyl (C=O) groups is 2. The Labute approximate surface area is 200 Å². The van der Waals surface area contributed by atoms with Crippen LogP contribution in [0.3, 0.4) is 0 Å². The summed E-state index contributed by atoms with van der Waals surface area (Å²) >= 11 is 0. The summed E-state index contributed by atoms with van der Waals surface area (Å²) in [6, 6.07) is 14.7. The molecule has 3 rings (SSSR count). The van der Waals surface area contributed by atoms with Crippen molar-refractivity contribution in [2.45, 2.75) is 39.5 Å². The Balaban J connectivity index is 1.88. The summed E-state index contributed by atoms with van der Waals surface area (Å²) in [5.41, 5.74) is 4.65. The second-order valence-electron chi connectivity index (χ2n) is 8.09. The van der Waals surface area contributed by atoms with Crippen LogP contribution in [0.15, 0.2) is 59.5 Å². The Morgan fingerprint density at radius 3 is 2.12 bits per heavy atom. The highest BCUT2D eigenvalue weighted by molar-refractivity contribution is 7.92. The highest BCUT2D eigenvalue weighted by atomic mass is 32.2. The fourth-order valence-electron chi connectivity index (χ4n) is 3.34. The van der Waals surface area contributed by atoms with Gasteiger partial charge in [0.2, 0.25) is 0 Å². The molecule has 2 N–H and O–H groups in total. The third kappa shape index (κ3) is 5.63. The van der Waals surface area contributed by atoms with Crippen molar-refractivity contribution in [1.82, 2.24) is 0 Å². The summed E-state index contributed by atoms with van der Waals surface area (Å²) in [4.78, 5) is 25.0. The lowest BCUT2D eigenvalue weighted by Gasteiger charge is -2.14. The topological polar surface area (TPSA) is 102 Å². The van der Waals surface area contributed by atoms with E-state index in [2.05, 4.69) is 10.0 Å². The third-order valence-corrected chi connectivity index (χ3v) is 7.02. The van der Waals surface area contributed by atoms with E-state index in [0.29, 0.717) is 22.5 Å². The lowest BCUT2D eigenvalue weighted by Crippen LogP contribution is -2.18. The first-order valence-corrected chi connectivity index (χ1v) is 12.3. The lowest BCUT2D eigenvalue weighted by molar-refractivity contribution is 0.0526. The van der Waals surface area contributed by atoms with Gasteiger partial charge in [0, 0.05) is 16.9 Å². The Morgan fingerprint density at radius 1 is 0.794 bits per heavy atom. The molecule has 34 heavy (non-hydrogen) atoms. The minimum absolute atomic E-state index is 0.00961. The first-order chi connectivity index (χ1) is 16.0. The second-order valence-corrected chi connectivity index (χ2v) is 9.74. The van der Waals surface area contributed by atoms with Crippen molar-refractivity contribution in [3.63, 3.8) is 0 Å². The molecular formula is C26H28N2O5S. The Hall–Kier alpha value is -3.65. The maximum atomic E-state index is 13.1. The average Bonchev–Trinajstić information content (AvgIpc) is 2.77. The van der Waals surface area contributed by atoms with Gasteiger partial charge in [-0.25, -0.2) is 13.2 Å². The molecule has 0 aliphatic carbocycles. The Kier molecular flexibility index (Phi) is 7.41. The number of amides is 1. The van der Waals surface area contributed by atoms with Crippen molar-refractivity contribution in [2.75, 3.05) is 16.6 Å². The number of benzene rings is 3. The molecule has 3 aromatic carbocycles. The van der Waals surface area contributed by atoms with Crippen LogP contribution < -0.4 is 10.0 Å². The average molecular weight is 481 g/mol. The maximum absolute atomic E-state index is 13.1. The van der Waals surface area contributed by atoms with Crippen LogP contribution in [0.25, 0.3) is 0 Å². The standard InChI is InChI=1S/C26H28N2O5S/c1-6-33-26(30)21-11-7-17(3)23(14-21)27-25(29)20-10-8-18(4)24(15-20)34(31,32)28-22-12-9-16(2)19(5)13-22/h7-15,28H,6H2,1-5H3,(H,27,29). The highest BCUT2D eigenvalue weighted by Crippen LogP contribution is 2.24. The van der Waals surface area contributed by atoms with Crippen molar-refractivity contribution < 1.29 is 22.7 Å². The van der Waals surface area contributed by atoms with E-state index in [1.54, 1.807) is 63.2 Å². The number of aryl methyl sites for hydroxylation is 4. The van der Waals surface area contributed by atoms with Crippen LogP contribution in [-0.2, 0) is 14.8 Å². The number of hydrogen-bond acceptors (Lipinski definition) is 5. The Morgan fingerprint density at radius 2 is 1.44 bits per heavy atom. The van der Waals surface area contributed by atoms with Crippen LogP contribution >= 0.6 is 0 Å². The predicted molar refractivity (Wildman–Crippen MR) is 133 cm³/mol. The van der Waals surface area contributed by atoms with Crippen molar-refractivity contribution in [1.29, 1.82) is 0 Å². The van der Waals surface area contributed by atoms with E-state index < -0.39 is 21.9 Å². The van der Waals surface area contributed by atoms with Crippen LogP contribution in [0.5, 0.6) is 0 Å². The van der Waals surface area contributed by atoms with Crippen LogP contribution in [0.4, 0.5) is 11.4 Å². The van der Waals surface area contributed by atoms with Crippen molar-refractivity contribution in [2.24, 2.45) is 0 Å². The van der Waals surface area contributed by atoms with Gasteiger partial charge in [-0.1, -0.05) is 18.2 Å². The molecule has 0 bridgehead atoms. The van der Waals surface area contributed by atoms with Gasteiger partial charge in [0.1, 0.15) is 0 Å². The largest absolute Gasteiger partial charge is 0.462 e. The van der Waals surface area contributed by atoms with E-state index in [-0.39, 0.29) is 17.1 Å². The summed E-state index contributed by atoms with van der Waals surface area (Å²) in [7, 11) is -3.93. The number of sulfonamides is 1. The van der Waals surface area contributed by atoms with Gasteiger partial charge in [0.05, 0.1) is 17.1 Å². The molecule has 3 aromatic rings. The molecule has 0 atom stereocenters. The molecule has 0 aliphatic rings. The predicted octanol–water partition coefficient (Wildman–Crippen LogP) is 5.15. The number of carbonyl (C=O) groups excluding carboxylic acids is 2. The molecule has 0 saturated heterocycles. The molecule has 0 spiro atoms. The monoisotopic (exact) mass is 480 g/mol. The number of nitrogens with one attached hydrogen (secondary N) is 2. The van der Waals surface area contributed by atoms with Gasteiger partial charge in [-0.15, -0.1) is 0 Å². The van der Waals surface area contributed by atoms with Gasteiger partial charge in [0.15, 0.2) is 0 Å². The number of esters is 1. The lowest BCUT2D eigenvalue weighted by atomic mass is 10.1. The zero-order valence-electron chi connectivity index (χ0n) is 19.9. The van der Waals surface area contributed by atoms with E-state index in [0.717, 1.165) is 16.7 Å². The molecule has 7 nitrogen and oxygen atoms in total. The van der Waals surface area contributed by atoms with E-state index in [9.17, 15) is 18.0 Å². The minimum atomic E-state index is -3.93. The van der Waals surface area contributed by atoms with E-state index in [1.165, 1.54) is 6.07 Å². The normalized spacial score (nSPS) is 11.1. The van der Waals surface area contributed by atoms with Gasteiger partial charge < -0.3 is 10.1 Å². The minimum Gasteiger partial charge on any atom is -0.462 e. The molecule has 1 amide bonds. The van der Waals surface area contributed by atoms with Crippen LogP contribution in [0.2, 0.25) is 0 Å². The first-order valence-electron chi connectivity index (χ1n) is 10.8. The zero-order valence-corrected chi connectivity index (χ0v) is 20.7. The quantitative estimate of drug-likeness (QED) is 0.456. The molecule has 0 unspecified atom stereocenters. The van der Waals surface area contributed by atoms with Crippen LogP contribution in [0, 0.1) is 27.7 Å². The molecule has 0 aromatic heterocycles. The first kappa shape index (κ1) is 25.0. The van der Waals surface area contributed by atoms with Crippen molar-refractivity contribution in [3.05, 3.63) is 88.0 Å². The van der Waals surface area contributed by atoms with Gasteiger partial charge in [-0.05, 0) is 93.3 Å².